The molecule has 1 aliphatic rings. The Morgan fingerprint density at radius 3 is 1.93 bits per heavy atom. The maximum absolute atomic E-state index is 14.6. The molecule has 1 unspecified atom stereocenters. The van der Waals surface area contributed by atoms with E-state index in [4.69, 9.17) is 33.8 Å². The number of amides is 9. The summed E-state index contributed by atoms with van der Waals surface area (Å²) in [5.41, 5.74) is 24.5. The number of primary amides is 1. The van der Waals surface area contributed by atoms with E-state index in [1.165, 1.54) is 6.92 Å². The monoisotopic (exact) mass is 1030 g/mol. The lowest BCUT2D eigenvalue weighted by Gasteiger charge is -2.28. The van der Waals surface area contributed by atoms with E-state index in [-0.39, 0.29) is 109 Å². The fraction of sp³-hybridized carbons (Fsp3) is 0.479. The highest BCUT2D eigenvalue weighted by atomic mass is 16.2. The number of fused-ring (bicyclic) bond motifs is 1. The highest BCUT2D eigenvalue weighted by molar-refractivity contribution is 5.98. The molecule has 402 valence electrons. The van der Waals surface area contributed by atoms with Crippen molar-refractivity contribution in [1.29, 1.82) is 10.8 Å². The number of hydrogen-bond donors (Lipinski definition) is 17. The summed E-state index contributed by atoms with van der Waals surface area (Å²) in [5, 5.41) is 42.3. The molecule has 1 saturated heterocycles. The number of aromatic nitrogens is 1. The summed E-state index contributed by atoms with van der Waals surface area (Å²) in [6.45, 7) is 1.37. The van der Waals surface area contributed by atoms with Crippen molar-refractivity contribution in [2.24, 2.45) is 22.9 Å². The molecule has 0 radical (unpaired) electrons. The number of aromatic amines is 1. The number of guanidine groups is 2. The SMILES string of the molecule is CC(=O)N[C@@H](CCCNC(=N)N)C(=O)N[C@H]1CCCNC(=O)CCC(C(N)=O)NC(=O)[C@H](Cc2c[nH]c3ccccc23)NC(=O)[C@H](CCCNC(=N)N)NC(=O)[C@@H](Cc2ccccc2)NC(=O)[C@H](CCN)NC1=O. The van der Waals surface area contributed by atoms with Gasteiger partial charge in [0.15, 0.2) is 11.9 Å². The first-order chi connectivity index (χ1) is 35.3. The fourth-order valence-corrected chi connectivity index (χ4v) is 8.15. The third kappa shape index (κ3) is 19.7. The number of benzene rings is 2. The first kappa shape index (κ1) is 58.3. The largest absolute Gasteiger partial charge is 0.370 e. The van der Waals surface area contributed by atoms with Gasteiger partial charge >= 0.3 is 0 Å². The third-order valence-corrected chi connectivity index (χ3v) is 12.0. The van der Waals surface area contributed by atoms with Gasteiger partial charge in [0.25, 0.3) is 0 Å². The van der Waals surface area contributed by atoms with Crippen molar-refractivity contribution in [2.45, 2.75) is 120 Å². The minimum Gasteiger partial charge on any atom is -0.370 e. The molecule has 3 aromatic rings. The van der Waals surface area contributed by atoms with Gasteiger partial charge in [-0.25, -0.2) is 0 Å². The lowest BCUT2D eigenvalue weighted by Crippen LogP contribution is -2.60. The van der Waals surface area contributed by atoms with Crippen molar-refractivity contribution < 1.29 is 43.2 Å². The molecular formula is C48H71N17O9. The molecule has 0 bridgehead atoms. The van der Waals surface area contributed by atoms with Crippen molar-refractivity contribution in [3.8, 4) is 0 Å². The second kappa shape index (κ2) is 29.9. The molecule has 1 fully saturated rings. The number of rotatable bonds is 18. The zero-order chi connectivity index (χ0) is 54.2. The summed E-state index contributed by atoms with van der Waals surface area (Å²) in [6, 6.07) is 6.53. The van der Waals surface area contributed by atoms with Crippen molar-refractivity contribution in [1.82, 2.24) is 58.2 Å². The molecule has 74 heavy (non-hydrogen) atoms. The summed E-state index contributed by atoms with van der Waals surface area (Å²) in [7, 11) is 0. The maximum Gasteiger partial charge on any atom is 0.243 e. The van der Waals surface area contributed by atoms with Gasteiger partial charge in [0.1, 0.15) is 42.3 Å². The number of para-hydroxylation sites is 1. The average Bonchev–Trinajstić information content (AvgIpc) is 3.76. The van der Waals surface area contributed by atoms with Gasteiger partial charge in [-0.1, -0.05) is 48.5 Å². The summed E-state index contributed by atoms with van der Waals surface area (Å²) >= 11 is 0. The first-order valence-electron chi connectivity index (χ1n) is 24.4. The molecule has 7 atom stereocenters. The van der Waals surface area contributed by atoms with Crippen molar-refractivity contribution in [2.75, 3.05) is 26.2 Å². The second-order valence-corrected chi connectivity index (χ2v) is 17.8. The molecule has 0 aliphatic carbocycles. The molecule has 1 aliphatic heterocycles. The van der Waals surface area contributed by atoms with Crippen LogP contribution >= 0.6 is 0 Å². The highest BCUT2D eigenvalue weighted by Gasteiger charge is 2.34. The second-order valence-electron chi connectivity index (χ2n) is 17.8. The Bertz CT molecular complexity index is 2450. The molecule has 26 heteroatoms. The van der Waals surface area contributed by atoms with E-state index in [0.29, 0.717) is 11.1 Å². The van der Waals surface area contributed by atoms with Gasteiger partial charge in [0.2, 0.25) is 53.2 Å². The van der Waals surface area contributed by atoms with Crippen LogP contribution in [0.1, 0.15) is 75.8 Å². The summed E-state index contributed by atoms with van der Waals surface area (Å²) in [6.07, 6.45) is 1.24. The van der Waals surface area contributed by atoms with Crippen molar-refractivity contribution in [3.05, 3.63) is 71.9 Å². The van der Waals surface area contributed by atoms with Crippen LogP contribution in [0.2, 0.25) is 0 Å². The van der Waals surface area contributed by atoms with E-state index in [1.807, 2.05) is 18.2 Å². The minimum atomic E-state index is -1.38. The first-order valence-corrected chi connectivity index (χ1v) is 24.4. The van der Waals surface area contributed by atoms with Crippen LogP contribution in [0.15, 0.2) is 60.8 Å². The fourth-order valence-electron chi connectivity index (χ4n) is 8.15. The molecule has 9 amide bonds. The van der Waals surface area contributed by atoms with Gasteiger partial charge < -0.3 is 81.1 Å². The summed E-state index contributed by atoms with van der Waals surface area (Å²) in [5.74, 6) is -7.58. The van der Waals surface area contributed by atoms with Crippen LogP contribution in [0.3, 0.4) is 0 Å². The standard InChI is InChI=1S/C48H71N17O9/c1-27(66)59-33(14-8-22-56-47(51)52)41(69)61-34-15-7-21-55-39(67)18-17-32(40(50)68)60-46(74)38(25-29-26-58-31-13-6-5-12-30(29)31)65-43(71)35(16-9-23-57-48(53)54)62-45(73)37(24-28-10-3-2-4-11-28)64-44(72)36(19-20-49)63-42(34)70/h2-6,10-13,26,32-38,58H,7-9,14-25,49H2,1H3,(H2,50,68)(H,55,67)(H,59,66)(H,60,74)(H,61,69)(H,62,73)(H,63,70)(H,64,72)(H,65,71)(H4,51,52,56)(H4,53,54,57)/t32?,33-,34-,35-,36-,37+,38-/m0/s1. The molecule has 1 aromatic heterocycles. The number of nitrogens with one attached hydrogen (secondary N) is 13. The number of nitrogens with two attached hydrogens (primary N) is 4. The molecule has 21 N–H and O–H groups in total. The van der Waals surface area contributed by atoms with Gasteiger partial charge in [0.05, 0.1) is 0 Å². The molecule has 4 rings (SSSR count). The van der Waals surface area contributed by atoms with Gasteiger partial charge in [-0.05, 0) is 75.1 Å². The van der Waals surface area contributed by atoms with Crippen LogP contribution in [0.25, 0.3) is 10.9 Å². The van der Waals surface area contributed by atoms with E-state index in [9.17, 15) is 43.2 Å². The van der Waals surface area contributed by atoms with Crippen LogP contribution in [0.5, 0.6) is 0 Å². The highest BCUT2D eigenvalue weighted by Crippen LogP contribution is 2.20. The third-order valence-electron chi connectivity index (χ3n) is 12.0. The topological polar surface area (TPSA) is 441 Å². The van der Waals surface area contributed by atoms with Gasteiger partial charge in [-0.15, -0.1) is 0 Å². The van der Waals surface area contributed by atoms with Gasteiger partial charge in [-0.3, -0.25) is 54.0 Å². The van der Waals surface area contributed by atoms with Crippen LogP contribution in [0, 0.1) is 10.8 Å². The van der Waals surface area contributed by atoms with Gasteiger partial charge in [-0.2, -0.15) is 0 Å². The van der Waals surface area contributed by atoms with Crippen LogP contribution < -0.4 is 76.1 Å². The van der Waals surface area contributed by atoms with Crippen LogP contribution in [0.4, 0.5) is 0 Å². The lowest BCUT2D eigenvalue weighted by atomic mass is 10.0. The normalized spacial score (nSPS) is 21.2. The van der Waals surface area contributed by atoms with E-state index in [0.717, 1.165) is 10.9 Å². The molecule has 2 aromatic carbocycles. The quantitative estimate of drug-likeness (QED) is 0.0333. The van der Waals surface area contributed by atoms with E-state index < -0.39 is 95.5 Å². The predicted octanol–water partition coefficient (Wildman–Crippen LogP) is -3.58. The zero-order valence-electron chi connectivity index (χ0n) is 41.4. The Hall–Kier alpha value is -8.29. The van der Waals surface area contributed by atoms with E-state index >= 15 is 0 Å². The minimum absolute atomic E-state index is 0.0361. The van der Waals surface area contributed by atoms with Crippen LogP contribution in [-0.2, 0) is 56.0 Å². The lowest BCUT2D eigenvalue weighted by molar-refractivity contribution is -0.135. The van der Waals surface area contributed by atoms with Crippen molar-refractivity contribution >= 4 is 76.0 Å². The van der Waals surface area contributed by atoms with E-state index in [2.05, 4.69) is 58.2 Å². The molecule has 0 spiro atoms. The molecule has 26 nitrogen and oxygen atoms in total. The zero-order valence-corrected chi connectivity index (χ0v) is 41.4. The predicted molar refractivity (Wildman–Crippen MR) is 274 cm³/mol. The smallest absolute Gasteiger partial charge is 0.243 e. The Balaban J connectivity index is 1.75. The Morgan fingerprint density at radius 2 is 1.28 bits per heavy atom. The number of carbonyl (C=O) groups excluding carboxylic acids is 9. The average molecular weight is 1030 g/mol. The Labute approximate surface area is 427 Å². The van der Waals surface area contributed by atoms with E-state index in [1.54, 1.807) is 42.6 Å². The molecular weight excluding hydrogens is 959 g/mol. The molecule has 0 saturated carbocycles. The summed E-state index contributed by atoms with van der Waals surface area (Å²) in [4.78, 5) is 127. The summed E-state index contributed by atoms with van der Waals surface area (Å²) < 4.78 is 0. The van der Waals surface area contributed by atoms with Gasteiger partial charge in [0, 0.05) is 62.9 Å². The molecule has 2 heterocycles. The maximum atomic E-state index is 14.6. The van der Waals surface area contributed by atoms with Crippen LogP contribution in [-0.4, -0.2) is 139 Å². The number of carbonyl (C=O) groups is 9. The number of hydrogen-bond acceptors (Lipinski definition) is 12. The Morgan fingerprint density at radius 1 is 0.703 bits per heavy atom. The number of H-pyrrole nitrogens is 1. The Kier molecular flexibility index (Phi) is 23.6. The van der Waals surface area contributed by atoms with Crippen molar-refractivity contribution in [3.63, 3.8) is 0 Å².